The van der Waals surface area contributed by atoms with Crippen molar-refractivity contribution >= 4 is 0 Å². The molecule has 0 spiro atoms. The highest BCUT2D eigenvalue weighted by atomic mass is 16.5. The largest absolute Gasteiger partial charge is 0.489 e. The fourth-order valence-electron chi connectivity index (χ4n) is 2.51. The molecule has 2 rings (SSSR count). The van der Waals surface area contributed by atoms with Gasteiger partial charge in [-0.3, -0.25) is 0 Å². The van der Waals surface area contributed by atoms with Crippen molar-refractivity contribution < 1.29 is 4.74 Å². The molecule has 0 saturated heterocycles. The van der Waals surface area contributed by atoms with E-state index in [1.165, 1.54) is 23.1 Å². The van der Waals surface area contributed by atoms with E-state index in [1.807, 2.05) is 0 Å². The fourth-order valence-corrected chi connectivity index (χ4v) is 2.51. The van der Waals surface area contributed by atoms with E-state index in [0.29, 0.717) is 12.6 Å². The zero-order valence-electron chi connectivity index (χ0n) is 11.6. The lowest BCUT2D eigenvalue weighted by Gasteiger charge is -2.13. The van der Waals surface area contributed by atoms with Gasteiger partial charge in [0.15, 0.2) is 0 Å². The van der Waals surface area contributed by atoms with Crippen molar-refractivity contribution in [2.45, 2.75) is 39.7 Å². The first kappa shape index (κ1) is 13.2. The molecule has 0 fully saturated rings. The van der Waals surface area contributed by atoms with E-state index in [0.717, 1.165) is 18.7 Å². The summed E-state index contributed by atoms with van der Waals surface area (Å²) >= 11 is 0. The average molecular weight is 245 g/mol. The first-order chi connectivity index (χ1) is 8.72. The Labute approximate surface area is 110 Å². The molecule has 0 heterocycles. The van der Waals surface area contributed by atoms with Gasteiger partial charge in [0.25, 0.3) is 0 Å². The number of allylic oxidation sites excluding steroid dienone is 1. The van der Waals surface area contributed by atoms with E-state index in [9.17, 15) is 0 Å². The standard InChI is InChI=1S/C16H23NO/c1-4-17-15-9-8-14-13(15)6-5-7-16(14)18-11-10-12(2)3/h5-7,10,15,17H,4,8-9,11H2,1-3H3. The van der Waals surface area contributed by atoms with Crippen LogP contribution in [-0.4, -0.2) is 13.2 Å². The number of hydrogen-bond donors (Lipinski definition) is 1. The molecule has 1 aliphatic carbocycles. The third-order valence-corrected chi connectivity index (χ3v) is 3.41. The summed E-state index contributed by atoms with van der Waals surface area (Å²) in [6.07, 6.45) is 4.43. The molecule has 1 atom stereocenters. The van der Waals surface area contributed by atoms with Crippen LogP contribution in [0.4, 0.5) is 0 Å². The molecule has 18 heavy (non-hydrogen) atoms. The minimum absolute atomic E-state index is 0.511. The molecule has 1 unspecified atom stereocenters. The number of benzene rings is 1. The molecule has 1 N–H and O–H groups in total. The average Bonchev–Trinajstić information content (AvgIpc) is 2.74. The Morgan fingerprint density at radius 2 is 2.28 bits per heavy atom. The summed E-state index contributed by atoms with van der Waals surface area (Å²) in [4.78, 5) is 0. The molecule has 0 amide bonds. The van der Waals surface area contributed by atoms with Crippen LogP contribution in [0.5, 0.6) is 5.75 Å². The van der Waals surface area contributed by atoms with Crippen molar-refractivity contribution in [1.82, 2.24) is 5.32 Å². The van der Waals surface area contributed by atoms with Crippen molar-refractivity contribution in [3.05, 3.63) is 41.0 Å². The van der Waals surface area contributed by atoms with Crippen LogP contribution < -0.4 is 10.1 Å². The number of ether oxygens (including phenoxy) is 1. The zero-order valence-corrected chi connectivity index (χ0v) is 11.6. The van der Waals surface area contributed by atoms with Gasteiger partial charge in [0.1, 0.15) is 12.4 Å². The van der Waals surface area contributed by atoms with E-state index in [4.69, 9.17) is 4.74 Å². The molecule has 0 aromatic heterocycles. The number of nitrogens with one attached hydrogen (secondary N) is 1. The summed E-state index contributed by atoms with van der Waals surface area (Å²) in [7, 11) is 0. The van der Waals surface area contributed by atoms with Crippen LogP contribution in [-0.2, 0) is 6.42 Å². The van der Waals surface area contributed by atoms with Crippen LogP contribution in [0.2, 0.25) is 0 Å². The van der Waals surface area contributed by atoms with Crippen LogP contribution in [0.15, 0.2) is 29.8 Å². The van der Waals surface area contributed by atoms with Crippen LogP contribution >= 0.6 is 0 Å². The maximum atomic E-state index is 5.88. The number of fused-ring (bicyclic) bond motifs is 1. The molecule has 2 nitrogen and oxygen atoms in total. The molecule has 0 saturated carbocycles. The molecule has 2 heteroatoms. The Balaban J connectivity index is 2.12. The normalized spacial score (nSPS) is 17.4. The molecule has 1 aromatic carbocycles. The topological polar surface area (TPSA) is 21.3 Å². The predicted molar refractivity (Wildman–Crippen MR) is 76.1 cm³/mol. The van der Waals surface area contributed by atoms with E-state index < -0.39 is 0 Å². The molecular formula is C16H23NO. The molecule has 98 valence electrons. The van der Waals surface area contributed by atoms with Crippen LogP contribution in [0.1, 0.15) is 44.4 Å². The van der Waals surface area contributed by atoms with Gasteiger partial charge >= 0.3 is 0 Å². The van der Waals surface area contributed by atoms with Gasteiger partial charge in [0.05, 0.1) is 0 Å². The van der Waals surface area contributed by atoms with Crippen molar-refractivity contribution in [2.24, 2.45) is 0 Å². The van der Waals surface area contributed by atoms with E-state index in [-0.39, 0.29) is 0 Å². The lowest BCUT2D eigenvalue weighted by Crippen LogP contribution is -2.18. The minimum atomic E-state index is 0.511. The van der Waals surface area contributed by atoms with Crippen LogP contribution in [0.3, 0.4) is 0 Å². The summed E-state index contributed by atoms with van der Waals surface area (Å²) in [5, 5.41) is 3.53. The first-order valence-electron chi connectivity index (χ1n) is 6.83. The van der Waals surface area contributed by atoms with E-state index in [2.05, 4.69) is 50.4 Å². The van der Waals surface area contributed by atoms with Crippen molar-refractivity contribution in [3.8, 4) is 5.75 Å². The minimum Gasteiger partial charge on any atom is -0.489 e. The maximum Gasteiger partial charge on any atom is 0.123 e. The molecule has 1 aromatic rings. The molecule has 0 aliphatic heterocycles. The van der Waals surface area contributed by atoms with Crippen LogP contribution in [0, 0.1) is 0 Å². The van der Waals surface area contributed by atoms with E-state index in [1.54, 1.807) is 0 Å². The van der Waals surface area contributed by atoms with Crippen molar-refractivity contribution in [2.75, 3.05) is 13.2 Å². The monoisotopic (exact) mass is 245 g/mol. The van der Waals surface area contributed by atoms with Gasteiger partial charge in [-0.1, -0.05) is 24.6 Å². The van der Waals surface area contributed by atoms with Gasteiger partial charge in [-0.05, 0) is 56.5 Å². The molecule has 0 radical (unpaired) electrons. The Morgan fingerprint density at radius 1 is 1.44 bits per heavy atom. The first-order valence-corrected chi connectivity index (χ1v) is 6.83. The third-order valence-electron chi connectivity index (χ3n) is 3.41. The highest BCUT2D eigenvalue weighted by Gasteiger charge is 2.24. The Bertz CT molecular complexity index is 433. The van der Waals surface area contributed by atoms with Gasteiger partial charge < -0.3 is 10.1 Å². The third kappa shape index (κ3) is 2.94. The lowest BCUT2D eigenvalue weighted by atomic mass is 10.1. The molecular weight excluding hydrogens is 222 g/mol. The highest BCUT2D eigenvalue weighted by molar-refractivity contribution is 5.45. The maximum absolute atomic E-state index is 5.88. The molecule has 1 aliphatic rings. The summed E-state index contributed by atoms with van der Waals surface area (Å²) in [6, 6.07) is 6.93. The number of rotatable bonds is 5. The summed E-state index contributed by atoms with van der Waals surface area (Å²) in [6.45, 7) is 8.05. The summed E-state index contributed by atoms with van der Waals surface area (Å²) in [5.41, 5.74) is 4.12. The predicted octanol–water partition coefficient (Wildman–Crippen LogP) is 3.63. The van der Waals surface area contributed by atoms with Gasteiger partial charge in [-0.15, -0.1) is 0 Å². The Hall–Kier alpha value is -1.28. The number of hydrogen-bond acceptors (Lipinski definition) is 2. The van der Waals surface area contributed by atoms with Gasteiger partial charge in [0.2, 0.25) is 0 Å². The van der Waals surface area contributed by atoms with Gasteiger partial charge in [-0.2, -0.15) is 0 Å². The smallest absolute Gasteiger partial charge is 0.123 e. The second-order valence-electron chi connectivity index (χ2n) is 5.07. The summed E-state index contributed by atoms with van der Waals surface area (Å²) < 4.78 is 5.88. The zero-order chi connectivity index (χ0) is 13.0. The molecule has 0 bridgehead atoms. The second-order valence-corrected chi connectivity index (χ2v) is 5.07. The Morgan fingerprint density at radius 3 is 3.00 bits per heavy atom. The highest BCUT2D eigenvalue weighted by Crippen LogP contribution is 2.36. The Kier molecular flexibility index (Phi) is 4.43. The van der Waals surface area contributed by atoms with Crippen LogP contribution in [0.25, 0.3) is 0 Å². The van der Waals surface area contributed by atoms with Crippen molar-refractivity contribution in [1.29, 1.82) is 0 Å². The SMILES string of the molecule is CCNC1CCc2c(OCC=C(C)C)cccc21. The van der Waals surface area contributed by atoms with Gasteiger partial charge in [0, 0.05) is 6.04 Å². The summed E-state index contributed by atoms with van der Waals surface area (Å²) in [5.74, 6) is 1.06. The quantitative estimate of drug-likeness (QED) is 0.800. The van der Waals surface area contributed by atoms with Crippen molar-refractivity contribution in [3.63, 3.8) is 0 Å². The fraction of sp³-hybridized carbons (Fsp3) is 0.500. The lowest BCUT2D eigenvalue weighted by molar-refractivity contribution is 0.358. The van der Waals surface area contributed by atoms with E-state index >= 15 is 0 Å². The van der Waals surface area contributed by atoms with Gasteiger partial charge in [-0.25, -0.2) is 0 Å². The second kappa shape index (κ2) is 6.05.